The van der Waals surface area contributed by atoms with E-state index >= 15 is 0 Å². The Morgan fingerprint density at radius 2 is 1.81 bits per heavy atom. The first-order valence-corrected chi connectivity index (χ1v) is 11.8. The largest absolute Gasteiger partial charge is 0.379 e. The van der Waals surface area contributed by atoms with Gasteiger partial charge in [0, 0.05) is 32.6 Å². The molecule has 3 fully saturated rings. The molecule has 3 aliphatic rings. The highest BCUT2D eigenvalue weighted by molar-refractivity contribution is 6.07. The number of imide groups is 1. The van der Waals surface area contributed by atoms with Crippen LogP contribution < -0.4 is 10.6 Å². The van der Waals surface area contributed by atoms with E-state index in [1.54, 1.807) is 0 Å². The molecule has 8 heteroatoms. The van der Waals surface area contributed by atoms with E-state index in [0.717, 1.165) is 37.9 Å². The van der Waals surface area contributed by atoms with Crippen LogP contribution in [0, 0.1) is 6.92 Å². The Bertz CT molecular complexity index is 829. The topological polar surface area (TPSA) is 91.0 Å². The molecule has 2 aliphatic heterocycles. The zero-order chi connectivity index (χ0) is 22.6. The summed E-state index contributed by atoms with van der Waals surface area (Å²) in [6.45, 7) is 5.66. The minimum Gasteiger partial charge on any atom is -0.379 e. The van der Waals surface area contributed by atoms with Gasteiger partial charge < -0.3 is 15.4 Å². The van der Waals surface area contributed by atoms with Crippen LogP contribution in [0.3, 0.4) is 0 Å². The van der Waals surface area contributed by atoms with Crippen molar-refractivity contribution in [1.82, 2.24) is 20.4 Å². The third-order valence-corrected chi connectivity index (χ3v) is 6.96. The van der Waals surface area contributed by atoms with Gasteiger partial charge >= 0.3 is 6.03 Å². The molecule has 0 aromatic heterocycles. The molecule has 1 saturated carbocycles. The maximum atomic E-state index is 12.9. The van der Waals surface area contributed by atoms with Crippen molar-refractivity contribution >= 4 is 17.8 Å². The molecule has 174 valence electrons. The summed E-state index contributed by atoms with van der Waals surface area (Å²) in [5, 5.41) is 5.93. The predicted molar refractivity (Wildman–Crippen MR) is 120 cm³/mol. The first-order chi connectivity index (χ1) is 15.5. The van der Waals surface area contributed by atoms with Crippen molar-refractivity contribution in [2.45, 2.75) is 57.0 Å². The lowest BCUT2D eigenvalue weighted by molar-refractivity contribution is -0.132. The molecule has 4 rings (SSSR count). The maximum absolute atomic E-state index is 12.9. The van der Waals surface area contributed by atoms with Crippen molar-refractivity contribution < 1.29 is 19.1 Å². The molecule has 1 atom stereocenters. The minimum atomic E-state index is -0.737. The van der Waals surface area contributed by atoms with Gasteiger partial charge in [-0.3, -0.25) is 19.4 Å². The molecule has 0 bridgehead atoms. The summed E-state index contributed by atoms with van der Waals surface area (Å²) < 4.78 is 5.49. The number of hydrogen-bond donors (Lipinski definition) is 2. The van der Waals surface area contributed by atoms with Crippen molar-refractivity contribution in [2.24, 2.45) is 0 Å². The highest BCUT2D eigenvalue weighted by Crippen LogP contribution is 2.33. The average Bonchev–Trinajstić information content (AvgIpc) is 3.03. The number of nitrogens with zero attached hydrogens (tertiary/aromatic N) is 2. The lowest BCUT2D eigenvalue weighted by atomic mass is 9.82. The molecule has 1 unspecified atom stereocenters. The normalized spacial score (nSPS) is 22.1. The Kier molecular flexibility index (Phi) is 7.10. The second-order valence-electron chi connectivity index (χ2n) is 9.16. The van der Waals surface area contributed by atoms with Gasteiger partial charge in [0.15, 0.2) is 0 Å². The molecule has 2 saturated heterocycles. The van der Waals surface area contributed by atoms with Crippen LogP contribution in [0.5, 0.6) is 0 Å². The van der Waals surface area contributed by atoms with Gasteiger partial charge in [-0.2, -0.15) is 0 Å². The zero-order valence-corrected chi connectivity index (χ0v) is 18.9. The molecular formula is C24H34N4O4. The number of morpholine rings is 1. The smallest absolute Gasteiger partial charge is 0.325 e. The van der Waals surface area contributed by atoms with Gasteiger partial charge in [-0.1, -0.05) is 49.1 Å². The molecule has 1 spiro atoms. The van der Waals surface area contributed by atoms with Crippen LogP contribution in [0.15, 0.2) is 24.3 Å². The van der Waals surface area contributed by atoms with Gasteiger partial charge in [-0.25, -0.2) is 4.79 Å². The van der Waals surface area contributed by atoms with Crippen LogP contribution >= 0.6 is 0 Å². The van der Waals surface area contributed by atoms with E-state index in [1.165, 1.54) is 10.5 Å². The number of carbonyl (C=O) groups is 3. The third kappa shape index (κ3) is 4.96. The maximum Gasteiger partial charge on any atom is 0.325 e. The van der Waals surface area contributed by atoms with Crippen molar-refractivity contribution in [3.63, 3.8) is 0 Å². The lowest BCUT2D eigenvalue weighted by Crippen LogP contribution is -2.48. The highest BCUT2D eigenvalue weighted by Gasteiger charge is 2.51. The van der Waals surface area contributed by atoms with Crippen molar-refractivity contribution in [2.75, 3.05) is 39.4 Å². The van der Waals surface area contributed by atoms with Crippen LogP contribution in [-0.2, 0) is 14.3 Å². The standard InChI is InChI=1S/C24H34N4O4/c1-18-5-7-19(8-6-18)20(27-13-15-32-16-14-27)17-25-21(29)9-12-28-22(30)24(26-23(28)31)10-3-2-4-11-24/h5-8,20H,2-4,9-17H2,1H3,(H,25,29)(H,26,31). The van der Waals surface area contributed by atoms with Gasteiger partial charge in [0.05, 0.1) is 19.3 Å². The number of aryl methyl sites for hydroxylation is 1. The van der Waals surface area contributed by atoms with Gasteiger partial charge in [0.1, 0.15) is 5.54 Å². The second kappa shape index (κ2) is 10.0. The molecule has 2 heterocycles. The van der Waals surface area contributed by atoms with E-state index in [9.17, 15) is 14.4 Å². The number of ether oxygens (including phenoxy) is 1. The van der Waals surface area contributed by atoms with E-state index < -0.39 is 5.54 Å². The number of benzene rings is 1. The molecule has 1 aliphatic carbocycles. The zero-order valence-electron chi connectivity index (χ0n) is 18.9. The SMILES string of the molecule is Cc1ccc(C(CNC(=O)CCN2C(=O)NC3(CCCCC3)C2=O)N2CCOCC2)cc1. The first-order valence-electron chi connectivity index (χ1n) is 11.8. The highest BCUT2D eigenvalue weighted by atomic mass is 16.5. The van der Waals surface area contributed by atoms with Gasteiger partial charge in [0.2, 0.25) is 5.91 Å². The van der Waals surface area contributed by atoms with Gasteiger partial charge in [-0.05, 0) is 25.3 Å². The van der Waals surface area contributed by atoms with Crippen LogP contribution in [0.25, 0.3) is 0 Å². The van der Waals surface area contributed by atoms with E-state index in [2.05, 4.69) is 46.7 Å². The lowest BCUT2D eigenvalue weighted by Gasteiger charge is -2.35. The summed E-state index contributed by atoms with van der Waals surface area (Å²) in [5.74, 6) is -0.318. The summed E-state index contributed by atoms with van der Waals surface area (Å²) >= 11 is 0. The molecule has 2 N–H and O–H groups in total. The summed E-state index contributed by atoms with van der Waals surface area (Å²) in [5.41, 5.74) is 1.62. The number of amides is 4. The van der Waals surface area contributed by atoms with Crippen LogP contribution in [0.2, 0.25) is 0 Å². The Morgan fingerprint density at radius 1 is 1.12 bits per heavy atom. The molecule has 1 aromatic rings. The van der Waals surface area contributed by atoms with Crippen LogP contribution in [0.4, 0.5) is 4.79 Å². The summed E-state index contributed by atoms with van der Waals surface area (Å²) in [7, 11) is 0. The van der Waals surface area contributed by atoms with Crippen molar-refractivity contribution in [3.05, 3.63) is 35.4 Å². The average molecular weight is 443 g/mol. The van der Waals surface area contributed by atoms with E-state index in [4.69, 9.17) is 4.74 Å². The van der Waals surface area contributed by atoms with Crippen LogP contribution in [0.1, 0.15) is 55.7 Å². The molecule has 4 amide bonds. The molecule has 0 radical (unpaired) electrons. The van der Waals surface area contributed by atoms with Crippen LogP contribution in [-0.4, -0.2) is 72.6 Å². The third-order valence-electron chi connectivity index (χ3n) is 6.96. The predicted octanol–water partition coefficient (Wildman–Crippen LogP) is 2.13. The van der Waals surface area contributed by atoms with E-state index in [-0.39, 0.29) is 36.9 Å². The van der Waals surface area contributed by atoms with E-state index in [1.807, 2.05) is 0 Å². The Labute approximate surface area is 189 Å². The fraction of sp³-hybridized carbons (Fsp3) is 0.625. The van der Waals surface area contributed by atoms with Gasteiger partial charge in [0.25, 0.3) is 5.91 Å². The Hall–Kier alpha value is -2.45. The number of carbonyl (C=O) groups excluding carboxylic acids is 3. The number of hydrogen-bond acceptors (Lipinski definition) is 5. The number of urea groups is 1. The summed E-state index contributed by atoms with van der Waals surface area (Å²) in [6.07, 6.45) is 4.48. The minimum absolute atomic E-state index is 0.0608. The molecule has 32 heavy (non-hydrogen) atoms. The molecule has 1 aromatic carbocycles. The second-order valence-corrected chi connectivity index (χ2v) is 9.16. The Morgan fingerprint density at radius 3 is 2.50 bits per heavy atom. The monoisotopic (exact) mass is 442 g/mol. The fourth-order valence-corrected chi connectivity index (χ4v) is 5.02. The number of rotatable bonds is 7. The van der Waals surface area contributed by atoms with Crippen molar-refractivity contribution in [3.8, 4) is 0 Å². The number of nitrogens with one attached hydrogen (secondary N) is 2. The van der Waals surface area contributed by atoms with E-state index in [0.29, 0.717) is 32.6 Å². The molecular weight excluding hydrogens is 408 g/mol. The van der Waals surface area contributed by atoms with Crippen molar-refractivity contribution in [1.29, 1.82) is 0 Å². The molecule has 8 nitrogen and oxygen atoms in total. The summed E-state index contributed by atoms with van der Waals surface area (Å²) in [6, 6.07) is 8.09. The Balaban J connectivity index is 1.32. The summed E-state index contributed by atoms with van der Waals surface area (Å²) in [4.78, 5) is 41.5. The quantitative estimate of drug-likeness (QED) is 0.632. The van der Waals surface area contributed by atoms with Gasteiger partial charge in [-0.15, -0.1) is 0 Å². The fourth-order valence-electron chi connectivity index (χ4n) is 5.02. The first kappa shape index (κ1) is 22.7.